The number of thioether (sulfide) groups is 1. The van der Waals surface area contributed by atoms with Crippen LogP contribution in [0.4, 0.5) is 10.1 Å². The zero-order valence-electron chi connectivity index (χ0n) is 17.6. The summed E-state index contributed by atoms with van der Waals surface area (Å²) in [5.74, 6) is 1.17. The molecule has 0 fully saturated rings. The molecule has 3 aromatic carbocycles. The van der Waals surface area contributed by atoms with Gasteiger partial charge in [0.05, 0.1) is 17.0 Å². The van der Waals surface area contributed by atoms with Crippen LogP contribution < -0.4 is 10.1 Å². The Labute approximate surface area is 189 Å². The number of para-hydroxylation sites is 2. The highest BCUT2D eigenvalue weighted by atomic mass is 32.2. The van der Waals surface area contributed by atoms with E-state index in [-0.39, 0.29) is 17.5 Å². The highest BCUT2D eigenvalue weighted by molar-refractivity contribution is 7.99. The van der Waals surface area contributed by atoms with E-state index in [1.807, 2.05) is 43.3 Å². The predicted octanol–water partition coefficient (Wildman–Crippen LogP) is 5.45. The van der Waals surface area contributed by atoms with Gasteiger partial charge in [0.15, 0.2) is 16.7 Å². The fourth-order valence-corrected chi connectivity index (χ4v) is 3.74. The zero-order chi connectivity index (χ0) is 22.5. The molecule has 4 rings (SSSR count). The van der Waals surface area contributed by atoms with Gasteiger partial charge >= 0.3 is 0 Å². The number of carbonyl (C=O) groups is 1. The third-order valence-electron chi connectivity index (χ3n) is 4.69. The lowest BCUT2D eigenvalue weighted by atomic mass is 10.2. The standard InChI is InChI=1S/C24H21FN4O2S/c1-16-11-13-17(14-12-16)31-21-10-6-5-9-20(21)26-22(30)15-32-24-28-27-23(29(24)2)18-7-3-4-8-19(18)25/h3-14H,15H2,1-2H3,(H,26,30). The summed E-state index contributed by atoms with van der Waals surface area (Å²) in [4.78, 5) is 12.6. The van der Waals surface area contributed by atoms with E-state index >= 15 is 0 Å². The summed E-state index contributed by atoms with van der Waals surface area (Å²) in [7, 11) is 1.74. The SMILES string of the molecule is Cc1ccc(Oc2ccccc2NC(=O)CSc2nnc(-c3ccccc3F)n2C)cc1. The number of carbonyl (C=O) groups excluding carboxylic acids is 1. The molecule has 1 amide bonds. The summed E-state index contributed by atoms with van der Waals surface area (Å²) in [6, 6.07) is 21.3. The van der Waals surface area contributed by atoms with Crippen molar-refractivity contribution in [3.63, 3.8) is 0 Å². The number of rotatable bonds is 7. The van der Waals surface area contributed by atoms with Crippen LogP contribution in [0.2, 0.25) is 0 Å². The number of benzene rings is 3. The minimum atomic E-state index is -0.373. The van der Waals surface area contributed by atoms with E-state index in [4.69, 9.17) is 4.74 Å². The molecule has 1 heterocycles. The molecule has 0 saturated heterocycles. The summed E-state index contributed by atoms with van der Waals surface area (Å²) in [6.45, 7) is 2.01. The van der Waals surface area contributed by atoms with Crippen molar-refractivity contribution in [3.8, 4) is 22.9 Å². The Morgan fingerprint density at radius 1 is 1.03 bits per heavy atom. The maximum absolute atomic E-state index is 14.1. The second kappa shape index (κ2) is 9.65. The molecule has 32 heavy (non-hydrogen) atoms. The Morgan fingerprint density at radius 2 is 1.75 bits per heavy atom. The second-order valence-electron chi connectivity index (χ2n) is 7.09. The van der Waals surface area contributed by atoms with Crippen LogP contribution in [-0.2, 0) is 11.8 Å². The average molecular weight is 449 g/mol. The summed E-state index contributed by atoms with van der Waals surface area (Å²) >= 11 is 1.22. The van der Waals surface area contributed by atoms with E-state index in [1.54, 1.807) is 41.9 Å². The maximum atomic E-state index is 14.1. The van der Waals surface area contributed by atoms with Crippen LogP contribution in [0.1, 0.15) is 5.56 Å². The Hall–Kier alpha value is -3.65. The third-order valence-corrected chi connectivity index (χ3v) is 5.71. The first-order valence-electron chi connectivity index (χ1n) is 9.92. The van der Waals surface area contributed by atoms with Gasteiger partial charge in [-0.2, -0.15) is 0 Å². The fraction of sp³-hybridized carbons (Fsp3) is 0.125. The fourth-order valence-electron chi connectivity index (χ4n) is 3.03. The highest BCUT2D eigenvalue weighted by Crippen LogP contribution is 2.30. The number of amides is 1. The quantitative estimate of drug-likeness (QED) is 0.381. The van der Waals surface area contributed by atoms with Crippen LogP contribution in [0, 0.1) is 12.7 Å². The lowest BCUT2D eigenvalue weighted by Crippen LogP contribution is -2.15. The Bertz CT molecular complexity index is 1240. The number of anilines is 1. The summed E-state index contributed by atoms with van der Waals surface area (Å²) in [6.07, 6.45) is 0. The van der Waals surface area contributed by atoms with Crippen LogP contribution in [-0.4, -0.2) is 26.4 Å². The summed E-state index contributed by atoms with van der Waals surface area (Å²) < 4.78 is 21.7. The van der Waals surface area contributed by atoms with Crippen molar-refractivity contribution in [1.82, 2.24) is 14.8 Å². The van der Waals surface area contributed by atoms with Gasteiger partial charge in [0.25, 0.3) is 0 Å². The van der Waals surface area contributed by atoms with Gasteiger partial charge in [-0.25, -0.2) is 4.39 Å². The van der Waals surface area contributed by atoms with E-state index in [1.165, 1.54) is 17.8 Å². The molecule has 8 heteroatoms. The smallest absolute Gasteiger partial charge is 0.234 e. The molecule has 0 spiro atoms. The molecule has 0 aliphatic rings. The van der Waals surface area contributed by atoms with Crippen molar-refractivity contribution in [2.75, 3.05) is 11.1 Å². The number of aromatic nitrogens is 3. The van der Waals surface area contributed by atoms with Gasteiger partial charge in [-0.3, -0.25) is 4.79 Å². The highest BCUT2D eigenvalue weighted by Gasteiger charge is 2.16. The van der Waals surface area contributed by atoms with Crippen molar-refractivity contribution < 1.29 is 13.9 Å². The molecule has 0 aliphatic carbocycles. The van der Waals surface area contributed by atoms with E-state index in [0.717, 1.165) is 5.56 Å². The Morgan fingerprint density at radius 3 is 2.53 bits per heavy atom. The van der Waals surface area contributed by atoms with Crippen LogP contribution >= 0.6 is 11.8 Å². The molecule has 162 valence electrons. The van der Waals surface area contributed by atoms with Crippen LogP contribution in [0.3, 0.4) is 0 Å². The van der Waals surface area contributed by atoms with Gasteiger partial charge in [0, 0.05) is 7.05 Å². The largest absolute Gasteiger partial charge is 0.455 e. The van der Waals surface area contributed by atoms with E-state index in [2.05, 4.69) is 15.5 Å². The lowest BCUT2D eigenvalue weighted by Gasteiger charge is -2.12. The van der Waals surface area contributed by atoms with E-state index < -0.39 is 0 Å². The molecule has 0 aliphatic heterocycles. The van der Waals surface area contributed by atoms with Crippen molar-refractivity contribution in [2.45, 2.75) is 12.1 Å². The normalized spacial score (nSPS) is 10.7. The Kier molecular flexibility index (Phi) is 6.51. The maximum Gasteiger partial charge on any atom is 0.234 e. The number of halogens is 1. The summed E-state index contributed by atoms with van der Waals surface area (Å²) in [5.41, 5.74) is 2.07. The molecule has 0 unspecified atom stereocenters. The lowest BCUT2D eigenvalue weighted by molar-refractivity contribution is -0.113. The third kappa shape index (κ3) is 4.97. The monoisotopic (exact) mass is 448 g/mol. The number of nitrogens with one attached hydrogen (secondary N) is 1. The zero-order valence-corrected chi connectivity index (χ0v) is 18.4. The van der Waals surface area contributed by atoms with Gasteiger partial charge in [-0.05, 0) is 43.3 Å². The number of hydrogen-bond acceptors (Lipinski definition) is 5. The second-order valence-corrected chi connectivity index (χ2v) is 8.04. The first kappa shape index (κ1) is 21.6. The summed E-state index contributed by atoms with van der Waals surface area (Å²) in [5, 5.41) is 11.6. The molecular weight excluding hydrogens is 427 g/mol. The minimum absolute atomic E-state index is 0.113. The molecule has 0 bridgehead atoms. The molecule has 1 aromatic heterocycles. The van der Waals surface area contributed by atoms with Gasteiger partial charge in [-0.15, -0.1) is 10.2 Å². The number of hydrogen-bond donors (Lipinski definition) is 1. The van der Waals surface area contributed by atoms with E-state index in [9.17, 15) is 9.18 Å². The minimum Gasteiger partial charge on any atom is -0.455 e. The van der Waals surface area contributed by atoms with Crippen molar-refractivity contribution in [1.29, 1.82) is 0 Å². The molecule has 4 aromatic rings. The van der Waals surface area contributed by atoms with Crippen molar-refractivity contribution >= 4 is 23.4 Å². The average Bonchev–Trinajstić information content (AvgIpc) is 3.15. The van der Waals surface area contributed by atoms with Crippen molar-refractivity contribution in [2.24, 2.45) is 7.05 Å². The van der Waals surface area contributed by atoms with Gasteiger partial charge in [0.1, 0.15) is 11.6 Å². The molecule has 0 saturated carbocycles. The first-order chi connectivity index (χ1) is 15.5. The number of ether oxygens (including phenoxy) is 1. The topological polar surface area (TPSA) is 69.0 Å². The molecule has 0 atom stereocenters. The van der Waals surface area contributed by atoms with Gasteiger partial charge in [0.2, 0.25) is 5.91 Å². The van der Waals surface area contributed by atoms with Crippen LogP contribution in [0.15, 0.2) is 78.0 Å². The van der Waals surface area contributed by atoms with Crippen LogP contribution in [0.25, 0.3) is 11.4 Å². The van der Waals surface area contributed by atoms with Gasteiger partial charge < -0.3 is 14.6 Å². The molecule has 0 radical (unpaired) electrons. The van der Waals surface area contributed by atoms with Gasteiger partial charge in [-0.1, -0.05) is 53.7 Å². The predicted molar refractivity (Wildman–Crippen MR) is 123 cm³/mol. The number of aryl methyl sites for hydroxylation is 1. The van der Waals surface area contributed by atoms with E-state index in [0.29, 0.717) is 33.7 Å². The number of nitrogens with zero attached hydrogens (tertiary/aromatic N) is 3. The van der Waals surface area contributed by atoms with Crippen molar-refractivity contribution in [3.05, 3.63) is 84.2 Å². The molecular formula is C24H21FN4O2S. The van der Waals surface area contributed by atoms with Crippen LogP contribution in [0.5, 0.6) is 11.5 Å². The molecule has 1 N–H and O–H groups in total. The Balaban J connectivity index is 1.41. The first-order valence-corrected chi connectivity index (χ1v) is 10.9. The molecule has 6 nitrogen and oxygen atoms in total.